The van der Waals surface area contributed by atoms with Gasteiger partial charge in [0.25, 0.3) is 0 Å². The Bertz CT molecular complexity index is 693. The average molecular weight is 498 g/mol. The molecule has 2 aromatic carbocycles. The van der Waals surface area contributed by atoms with Crippen LogP contribution in [-0.2, 0) is 9.47 Å². The predicted molar refractivity (Wildman–Crippen MR) is 121 cm³/mol. The summed E-state index contributed by atoms with van der Waals surface area (Å²) in [7, 11) is 3.29. The summed E-state index contributed by atoms with van der Waals surface area (Å²) in [5.41, 5.74) is 2.09. The van der Waals surface area contributed by atoms with Crippen LogP contribution >= 0.6 is 22.6 Å². The number of hydrogen-bond donors (Lipinski definition) is 0. The molecule has 0 bridgehead atoms. The minimum absolute atomic E-state index is 0.519. The van der Waals surface area contributed by atoms with Crippen LogP contribution in [-0.4, -0.2) is 51.7 Å². The minimum Gasteiger partial charge on any atom is -0.497 e. The van der Waals surface area contributed by atoms with Crippen LogP contribution in [0, 0.1) is 0 Å². The van der Waals surface area contributed by atoms with E-state index in [9.17, 15) is 0 Å². The third-order valence-corrected chi connectivity index (χ3v) is 4.25. The molecule has 2 rings (SSSR count). The van der Waals surface area contributed by atoms with Crippen LogP contribution in [0.1, 0.15) is 11.1 Å². The number of ether oxygens (including phenoxy) is 5. The van der Waals surface area contributed by atoms with E-state index in [1.54, 1.807) is 14.2 Å². The summed E-state index contributed by atoms with van der Waals surface area (Å²) in [4.78, 5) is 0. The molecule has 0 amide bonds. The van der Waals surface area contributed by atoms with E-state index in [4.69, 9.17) is 23.7 Å². The summed E-state index contributed by atoms with van der Waals surface area (Å²) in [6, 6.07) is 13.7. The largest absolute Gasteiger partial charge is 0.497 e. The van der Waals surface area contributed by atoms with Gasteiger partial charge in [0, 0.05) is 10.5 Å². The maximum atomic E-state index is 5.69. The van der Waals surface area contributed by atoms with Crippen molar-refractivity contribution in [2.75, 3.05) is 51.7 Å². The van der Waals surface area contributed by atoms with Crippen molar-refractivity contribution in [3.8, 4) is 17.2 Å². The summed E-state index contributed by atoms with van der Waals surface area (Å²) in [5, 5.41) is 0. The quantitative estimate of drug-likeness (QED) is 0.173. The predicted octanol–water partition coefficient (Wildman–Crippen LogP) is 4.72. The van der Waals surface area contributed by atoms with Crippen molar-refractivity contribution in [3.63, 3.8) is 0 Å². The minimum atomic E-state index is 0.519. The van der Waals surface area contributed by atoms with Crippen LogP contribution in [0.4, 0.5) is 0 Å². The fraction of sp³-hybridized carbons (Fsp3) is 0.364. The maximum Gasteiger partial charge on any atom is 0.123 e. The number of benzene rings is 2. The normalized spacial score (nSPS) is 11.0. The van der Waals surface area contributed by atoms with Gasteiger partial charge in [0.15, 0.2) is 0 Å². The molecule has 0 unspecified atom stereocenters. The van der Waals surface area contributed by atoms with Gasteiger partial charge in [-0.15, -0.1) is 0 Å². The highest BCUT2D eigenvalue weighted by molar-refractivity contribution is 14.1. The highest BCUT2D eigenvalue weighted by Crippen LogP contribution is 2.24. The summed E-state index contributed by atoms with van der Waals surface area (Å²) in [6.45, 7) is 3.06. The van der Waals surface area contributed by atoms with Gasteiger partial charge in [-0.2, -0.15) is 0 Å². The molecule has 0 aliphatic heterocycles. The van der Waals surface area contributed by atoms with Crippen molar-refractivity contribution in [3.05, 3.63) is 53.6 Å². The molecule has 6 heteroatoms. The number of alkyl halides is 1. The van der Waals surface area contributed by atoms with E-state index in [2.05, 4.69) is 22.6 Å². The van der Waals surface area contributed by atoms with Gasteiger partial charge in [0.05, 0.1) is 40.6 Å². The molecule has 0 aliphatic rings. The topological polar surface area (TPSA) is 46.2 Å². The first-order valence-electron chi connectivity index (χ1n) is 9.10. The molecular weight excluding hydrogens is 471 g/mol. The molecule has 0 saturated heterocycles. The Labute approximate surface area is 180 Å². The molecule has 0 aromatic heterocycles. The second-order valence-corrected chi connectivity index (χ2v) is 6.89. The van der Waals surface area contributed by atoms with E-state index in [0.29, 0.717) is 26.4 Å². The summed E-state index contributed by atoms with van der Waals surface area (Å²) in [5.74, 6) is 2.35. The van der Waals surface area contributed by atoms with Crippen LogP contribution in [0.15, 0.2) is 42.5 Å². The number of halogens is 1. The lowest BCUT2D eigenvalue weighted by molar-refractivity contribution is 0.0417. The van der Waals surface area contributed by atoms with Crippen molar-refractivity contribution in [2.24, 2.45) is 0 Å². The van der Waals surface area contributed by atoms with E-state index in [0.717, 1.165) is 39.4 Å². The average Bonchev–Trinajstić information content (AvgIpc) is 2.74. The van der Waals surface area contributed by atoms with Crippen LogP contribution in [0.5, 0.6) is 17.2 Å². The van der Waals surface area contributed by atoms with Crippen LogP contribution in [0.2, 0.25) is 0 Å². The van der Waals surface area contributed by atoms with Gasteiger partial charge in [-0.25, -0.2) is 0 Å². The Morgan fingerprint density at radius 2 is 1.25 bits per heavy atom. The van der Waals surface area contributed by atoms with E-state index in [-0.39, 0.29) is 0 Å². The second-order valence-electron chi connectivity index (χ2n) is 5.81. The third kappa shape index (κ3) is 8.50. The van der Waals surface area contributed by atoms with Gasteiger partial charge in [-0.1, -0.05) is 46.9 Å². The molecule has 5 nitrogen and oxygen atoms in total. The Morgan fingerprint density at radius 3 is 1.86 bits per heavy atom. The van der Waals surface area contributed by atoms with Gasteiger partial charge < -0.3 is 23.7 Å². The first-order valence-corrected chi connectivity index (χ1v) is 10.6. The van der Waals surface area contributed by atoms with E-state index < -0.39 is 0 Å². The molecule has 0 saturated carbocycles. The fourth-order valence-electron chi connectivity index (χ4n) is 2.39. The van der Waals surface area contributed by atoms with Crippen molar-refractivity contribution in [1.29, 1.82) is 0 Å². The van der Waals surface area contributed by atoms with Crippen molar-refractivity contribution < 1.29 is 23.7 Å². The molecule has 0 heterocycles. The second kappa shape index (κ2) is 13.4. The Balaban J connectivity index is 1.77. The highest BCUT2D eigenvalue weighted by Gasteiger charge is 2.00. The molecule has 0 radical (unpaired) electrons. The lowest BCUT2D eigenvalue weighted by Gasteiger charge is -2.08. The molecule has 0 N–H and O–H groups in total. The number of rotatable bonds is 13. The van der Waals surface area contributed by atoms with Gasteiger partial charge in [0.1, 0.15) is 23.9 Å². The summed E-state index contributed by atoms with van der Waals surface area (Å²) in [6.07, 6.45) is 4.06. The first-order chi connectivity index (χ1) is 13.7. The molecule has 0 fully saturated rings. The zero-order valence-corrected chi connectivity index (χ0v) is 18.5. The van der Waals surface area contributed by atoms with Gasteiger partial charge in [0.2, 0.25) is 0 Å². The van der Waals surface area contributed by atoms with Crippen LogP contribution in [0.3, 0.4) is 0 Å². The van der Waals surface area contributed by atoms with E-state index in [1.807, 2.05) is 54.6 Å². The van der Waals surface area contributed by atoms with Gasteiger partial charge in [-0.05, 0) is 35.4 Å². The lowest BCUT2D eigenvalue weighted by Crippen LogP contribution is -2.11. The molecular formula is C22H27IO5. The van der Waals surface area contributed by atoms with Crippen LogP contribution in [0.25, 0.3) is 12.2 Å². The molecule has 152 valence electrons. The third-order valence-electron chi connectivity index (χ3n) is 3.81. The van der Waals surface area contributed by atoms with E-state index in [1.165, 1.54) is 0 Å². The zero-order valence-electron chi connectivity index (χ0n) is 16.4. The van der Waals surface area contributed by atoms with Crippen molar-refractivity contribution in [2.45, 2.75) is 0 Å². The zero-order chi connectivity index (χ0) is 20.0. The van der Waals surface area contributed by atoms with Gasteiger partial charge >= 0.3 is 0 Å². The molecule has 28 heavy (non-hydrogen) atoms. The summed E-state index contributed by atoms with van der Waals surface area (Å²) >= 11 is 2.28. The van der Waals surface area contributed by atoms with Gasteiger partial charge in [-0.3, -0.25) is 0 Å². The smallest absolute Gasteiger partial charge is 0.123 e. The molecule has 2 aromatic rings. The number of hydrogen-bond acceptors (Lipinski definition) is 5. The standard InChI is InChI=1S/C22H27IO5/c1-24-21-15-19(16-22(17-21)25-2)4-3-18-5-7-20(8-6-18)28-14-13-27-12-11-26-10-9-23/h3-8,15-17H,9-14H2,1-2H3/b4-3+. The van der Waals surface area contributed by atoms with Crippen molar-refractivity contribution in [1.82, 2.24) is 0 Å². The highest BCUT2D eigenvalue weighted by atomic mass is 127. The van der Waals surface area contributed by atoms with Crippen LogP contribution < -0.4 is 14.2 Å². The molecule has 0 aliphatic carbocycles. The van der Waals surface area contributed by atoms with Crippen molar-refractivity contribution >= 4 is 34.7 Å². The summed E-state index contributed by atoms with van der Waals surface area (Å²) < 4.78 is 28.1. The Morgan fingerprint density at radius 1 is 0.679 bits per heavy atom. The SMILES string of the molecule is COc1cc(/C=C/c2ccc(OCCOCCOCCI)cc2)cc(OC)c1. The molecule has 0 atom stereocenters. The number of methoxy groups -OCH3 is 2. The monoisotopic (exact) mass is 498 g/mol. The lowest BCUT2D eigenvalue weighted by atomic mass is 10.1. The Kier molecular flexibility index (Phi) is 10.8. The first kappa shape index (κ1) is 22.5. The molecule has 0 spiro atoms. The maximum absolute atomic E-state index is 5.69. The fourth-order valence-corrected chi connectivity index (χ4v) is 2.70. The van der Waals surface area contributed by atoms with E-state index >= 15 is 0 Å². The Hall–Kier alpha value is -1.77.